The molecule has 7 aromatic carbocycles. The van der Waals surface area contributed by atoms with E-state index in [4.69, 9.17) is 15.0 Å². The zero-order valence-electron chi connectivity index (χ0n) is 27.0. The summed E-state index contributed by atoms with van der Waals surface area (Å²) in [6.45, 7) is 0. The van der Waals surface area contributed by atoms with E-state index < -0.39 is 5.54 Å². The van der Waals surface area contributed by atoms with Crippen molar-refractivity contribution in [2.24, 2.45) is 0 Å². The van der Waals surface area contributed by atoms with E-state index in [1.807, 2.05) is 36.4 Å². The van der Waals surface area contributed by atoms with Crippen molar-refractivity contribution < 1.29 is 0 Å². The molecular formula is C46H28N4. The second-order valence-corrected chi connectivity index (χ2v) is 13.2. The lowest BCUT2D eigenvalue weighted by Gasteiger charge is -2.41. The first-order valence-electron chi connectivity index (χ1n) is 17.0. The van der Waals surface area contributed by atoms with Gasteiger partial charge in [-0.25, -0.2) is 15.0 Å². The topological polar surface area (TPSA) is 43.6 Å². The number of para-hydroxylation sites is 2. The molecule has 1 aliphatic heterocycles. The van der Waals surface area contributed by atoms with Crippen LogP contribution in [0.1, 0.15) is 16.7 Å². The maximum absolute atomic E-state index is 5.14. The molecule has 2 aliphatic rings. The van der Waals surface area contributed by atoms with E-state index in [0.29, 0.717) is 17.5 Å². The van der Waals surface area contributed by atoms with Gasteiger partial charge in [-0.3, -0.25) is 0 Å². The first-order valence-corrected chi connectivity index (χ1v) is 17.0. The van der Waals surface area contributed by atoms with Crippen LogP contribution in [0.5, 0.6) is 0 Å². The second kappa shape index (κ2) is 10.2. The molecule has 9 aromatic rings. The Morgan fingerprint density at radius 3 is 1.54 bits per heavy atom. The molecule has 0 saturated heterocycles. The lowest BCUT2D eigenvalue weighted by atomic mass is 9.74. The van der Waals surface area contributed by atoms with E-state index in [2.05, 4.69) is 138 Å². The van der Waals surface area contributed by atoms with Gasteiger partial charge in [0.25, 0.3) is 0 Å². The normalized spacial score (nSPS) is 15.3. The summed E-state index contributed by atoms with van der Waals surface area (Å²) in [6.07, 6.45) is 0. The van der Waals surface area contributed by atoms with Crippen molar-refractivity contribution in [2.45, 2.75) is 5.54 Å². The van der Waals surface area contributed by atoms with Crippen LogP contribution in [-0.4, -0.2) is 19.5 Å². The Balaban J connectivity index is 1.26. The molecule has 0 bridgehead atoms. The maximum atomic E-state index is 5.14. The van der Waals surface area contributed by atoms with Gasteiger partial charge >= 0.3 is 0 Å². The van der Waals surface area contributed by atoms with Crippen molar-refractivity contribution in [2.75, 3.05) is 0 Å². The third-order valence-corrected chi connectivity index (χ3v) is 10.6. The molecule has 0 saturated carbocycles. The summed E-state index contributed by atoms with van der Waals surface area (Å²) in [4.78, 5) is 15.2. The Labute approximate surface area is 289 Å². The van der Waals surface area contributed by atoms with Crippen LogP contribution in [0.15, 0.2) is 170 Å². The van der Waals surface area contributed by atoms with E-state index in [1.165, 1.54) is 60.8 Å². The third-order valence-electron chi connectivity index (χ3n) is 10.6. The molecule has 50 heavy (non-hydrogen) atoms. The molecular weight excluding hydrogens is 609 g/mol. The number of aromatic nitrogens is 4. The molecule has 232 valence electrons. The van der Waals surface area contributed by atoms with Gasteiger partial charge in [0.15, 0.2) is 17.5 Å². The highest BCUT2D eigenvalue weighted by molar-refractivity contribution is 6.15. The van der Waals surface area contributed by atoms with Crippen LogP contribution in [0.4, 0.5) is 0 Å². The van der Waals surface area contributed by atoms with E-state index in [-0.39, 0.29) is 0 Å². The fourth-order valence-electron chi connectivity index (χ4n) is 8.60. The van der Waals surface area contributed by atoms with E-state index in [9.17, 15) is 0 Å². The van der Waals surface area contributed by atoms with Crippen LogP contribution in [0.25, 0.3) is 78.2 Å². The number of fused-ring (bicyclic) bond motifs is 12. The summed E-state index contributed by atoms with van der Waals surface area (Å²) in [7, 11) is 0. The number of rotatable bonds is 3. The fourth-order valence-corrected chi connectivity index (χ4v) is 8.60. The molecule has 4 nitrogen and oxygen atoms in total. The molecule has 0 radical (unpaired) electrons. The average molecular weight is 637 g/mol. The molecule has 4 heteroatoms. The van der Waals surface area contributed by atoms with Crippen molar-refractivity contribution in [3.8, 4) is 56.4 Å². The number of hydrogen-bond acceptors (Lipinski definition) is 3. The van der Waals surface area contributed by atoms with Gasteiger partial charge in [0.1, 0.15) is 5.54 Å². The molecule has 1 unspecified atom stereocenters. The van der Waals surface area contributed by atoms with Gasteiger partial charge in [0, 0.05) is 33.0 Å². The molecule has 0 N–H and O–H groups in total. The quantitative estimate of drug-likeness (QED) is 0.194. The molecule has 0 amide bonds. The lowest BCUT2D eigenvalue weighted by molar-refractivity contribution is 0.560. The molecule has 1 aliphatic carbocycles. The van der Waals surface area contributed by atoms with Gasteiger partial charge in [-0.1, -0.05) is 158 Å². The summed E-state index contributed by atoms with van der Waals surface area (Å²) in [5.41, 5.74) is 13.5. The summed E-state index contributed by atoms with van der Waals surface area (Å²) < 4.78 is 2.63. The maximum Gasteiger partial charge on any atom is 0.164 e. The Morgan fingerprint density at radius 1 is 0.360 bits per heavy atom. The standard InChI is InChI=1S/C46H28N4/c1-3-14-29(15-4-1)43-47-44(30-16-5-2-6-17-30)49-45(48-43)31-26-27-34-32-18-7-10-23-38(32)46(40(34)28-31)39-24-11-8-19-33(39)36-21-13-22-37-35-20-9-12-25-41(35)50(46)42(36)37/h1-28H. The molecule has 0 fully saturated rings. The number of hydrogen-bond donors (Lipinski definition) is 0. The van der Waals surface area contributed by atoms with Crippen molar-refractivity contribution >= 4 is 21.8 Å². The van der Waals surface area contributed by atoms with Gasteiger partial charge in [0.2, 0.25) is 0 Å². The lowest BCUT2D eigenvalue weighted by Crippen LogP contribution is -2.38. The molecule has 11 rings (SSSR count). The smallest absolute Gasteiger partial charge is 0.164 e. The Bertz CT molecular complexity index is 2760. The van der Waals surface area contributed by atoms with Crippen LogP contribution in [0.3, 0.4) is 0 Å². The predicted octanol–water partition coefficient (Wildman–Crippen LogP) is 10.8. The van der Waals surface area contributed by atoms with Crippen LogP contribution < -0.4 is 0 Å². The van der Waals surface area contributed by atoms with Gasteiger partial charge in [-0.05, 0) is 45.5 Å². The van der Waals surface area contributed by atoms with Crippen LogP contribution in [0.2, 0.25) is 0 Å². The largest absolute Gasteiger partial charge is 0.321 e. The van der Waals surface area contributed by atoms with Crippen molar-refractivity contribution in [3.63, 3.8) is 0 Å². The summed E-state index contributed by atoms with van der Waals surface area (Å²) >= 11 is 0. The molecule has 1 spiro atoms. The van der Waals surface area contributed by atoms with Gasteiger partial charge in [-0.15, -0.1) is 0 Å². The average Bonchev–Trinajstić information content (AvgIpc) is 3.68. The number of benzene rings is 7. The highest BCUT2D eigenvalue weighted by Gasteiger charge is 2.51. The highest BCUT2D eigenvalue weighted by Crippen LogP contribution is 2.60. The second-order valence-electron chi connectivity index (χ2n) is 13.2. The van der Waals surface area contributed by atoms with Gasteiger partial charge in [-0.2, -0.15) is 0 Å². The predicted molar refractivity (Wildman–Crippen MR) is 202 cm³/mol. The molecule has 3 heterocycles. The summed E-state index contributed by atoms with van der Waals surface area (Å²) in [5, 5.41) is 2.53. The SMILES string of the molecule is c1ccc(-c2nc(-c3ccccc3)nc(-c3ccc4c(c3)C3(c5ccccc5-4)c4ccccc4-c4cccc5c6ccccc6n3c45)n2)cc1. The fraction of sp³-hybridized carbons (Fsp3) is 0.0217. The van der Waals surface area contributed by atoms with E-state index in [1.54, 1.807) is 0 Å². The minimum Gasteiger partial charge on any atom is -0.321 e. The van der Waals surface area contributed by atoms with Crippen LogP contribution in [-0.2, 0) is 5.54 Å². The first-order chi connectivity index (χ1) is 24.8. The Morgan fingerprint density at radius 2 is 0.860 bits per heavy atom. The minimum absolute atomic E-state index is 0.619. The molecule has 2 aromatic heterocycles. The summed E-state index contributed by atoms with van der Waals surface area (Å²) in [5.74, 6) is 1.96. The van der Waals surface area contributed by atoms with Crippen LogP contribution in [0, 0.1) is 0 Å². The molecule has 1 atom stereocenters. The monoisotopic (exact) mass is 636 g/mol. The van der Waals surface area contributed by atoms with Gasteiger partial charge < -0.3 is 4.57 Å². The minimum atomic E-state index is -0.619. The Hall–Kier alpha value is -6.65. The van der Waals surface area contributed by atoms with Crippen molar-refractivity contribution in [1.82, 2.24) is 19.5 Å². The van der Waals surface area contributed by atoms with Crippen LogP contribution >= 0.6 is 0 Å². The van der Waals surface area contributed by atoms with Crippen molar-refractivity contribution in [3.05, 3.63) is 187 Å². The zero-order valence-corrected chi connectivity index (χ0v) is 27.0. The highest BCUT2D eigenvalue weighted by atomic mass is 15.1. The van der Waals surface area contributed by atoms with E-state index >= 15 is 0 Å². The Kier molecular flexibility index (Phi) is 5.56. The third kappa shape index (κ3) is 3.57. The summed E-state index contributed by atoms with van der Waals surface area (Å²) in [6, 6.07) is 60.7. The van der Waals surface area contributed by atoms with Gasteiger partial charge in [0.05, 0.1) is 11.0 Å². The van der Waals surface area contributed by atoms with Crippen molar-refractivity contribution in [1.29, 1.82) is 0 Å². The van der Waals surface area contributed by atoms with E-state index in [0.717, 1.165) is 16.7 Å². The first kappa shape index (κ1) is 27.3. The number of nitrogens with zero attached hydrogens (tertiary/aromatic N) is 4. The zero-order chi connectivity index (χ0) is 32.8.